The molecule has 1 amide bonds. The fourth-order valence-electron chi connectivity index (χ4n) is 1.84. The first-order valence-electron chi connectivity index (χ1n) is 7.28. The zero-order chi connectivity index (χ0) is 17.7. The minimum atomic E-state index is -1.13. The molecule has 0 fully saturated rings. The minimum Gasteiger partial charge on any atom is -0.504 e. The first-order valence-corrected chi connectivity index (χ1v) is 7.28. The van der Waals surface area contributed by atoms with Gasteiger partial charge in [0.05, 0.1) is 7.11 Å². The molecule has 3 N–H and O–H groups in total. The monoisotopic (exact) mass is 329 g/mol. The molecular formula is C18H19NO5. The van der Waals surface area contributed by atoms with Gasteiger partial charge >= 0.3 is 0 Å². The highest BCUT2D eigenvalue weighted by molar-refractivity contribution is 5.91. The molecule has 126 valence electrons. The Labute approximate surface area is 140 Å². The van der Waals surface area contributed by atoms with Gasteiger partial charge in [0, 0.05) is 6.54 Å². The zero-order valence-corrected chi connectivity index (χ0v) is 13.7. The highest BCUT2D eigenvalue weighted by atomic mass is 16.5. The largest absolute Gasteiger partial charge is 0.504 e. The van der Waals surface area contributed by atoms with Crippen LogP contribution in [0.3, 0.4) is 0 Å². The van der Waals surface area contributed by atoms with E-state index in [4.69, 9.17) is 9.15 Å². The molecule has 24 heavy (non-hydrogen) atoms. The molecule has 0 saturated heterocycles. The van der Waals surface area contributed by atoms with Gasteiger partial charge in [-0.1, -0.05) is 12.0 Å². The molecule has 0 aliphatic rings. The summed E-state index contributed by atoms with van der Waals surface area (Å²) in [6.07, 6.45) is 0. The van der Waals surface area contributed by atoms with E-state index in [-0.39, 0.29) is 18.1 Å². The maximum atomic E-state index is 12.1. The maximum Gasteiger partial charge on any atom is 0.287 e. The lowest BCUT2D eigenvalue weighted by molar-refractivity contribution is 0.0922. The van der Waals surface area contributed by atoms with E-state index >= 15 is 0 Å². The Morgan fingerprint density at radius 3 is 2.75 bits per heavy atom. The van der Waals surface area contributed by atoms with Crippen LogP contribution in [0, 0.1) is 11.8 Å². The number of ether oxygens (including phenoxy) is 1. The van der Waals surface area contributed by atoms with Crippen LogP contribution in [0.4, 0.5) is 0 Å². The lowest BCUT2D eigenvalue weighted by atomic mass is 10.1. The fourth-order valence-corrected chi connectivity index (χ4v) is 1.84. The summed E-state index contributed by atoms with van der Waals surface area (Å²) >= 11 is 0. The maximum absolute atomic E-state index is 12.1. The molecule has 0 unspecified atom stereocenters. The number of methoxy groups -OCH3 is 1. The minimum absolute atomic E-state index is 0.0358. The summed E-state index contributed by atoms with van der Waals surface area (Å²) in [4.78, 5) is 12.1. The molecule has 0 spiro atoms. The number of benzene rings is 1. The second-order valence-electron chi connectivity index (χ2n) is 5.66. The van der Waals surface area contributed by atoms with Gasteiger partial charge in [0.1, 0.15) is 5.60 Å². The van der Waals surface area contributed by atoms with Gasteiger partial charge in [-0.2, -0.15) is 0 Å². The molecule has 2 rings (SSSR count). The van der Waals surface area contributed by atoms with Crippen LogP contribution in [0.2, 0.25) is 0 Å². The number of rotatable bonds is 4. The number of furan rings is 1. The van der Waals surface area contributed by atoms with Crippen molar-refractivity contribution in [2.45, 2.75) is 26.0 Å². The zero-order valence-electron chi connectivity index (χ0n) is 13.7. The van der Waals surface area contributed by atoms with Gasteiger partial charge in [-0.15, -0.1) is 0 Å². The summed E-state index contributed by atoms with van der Waals surface area (Å²) in [6, 6.07) is 7.90. The van der Waals surface area contributed by atoms with Crippen molar-refractivity contribution < 1.29 is 24.2 Å². The van der Waals surface area contributed by atoms with Gasteiger partial charge in [0.15, 0.2) is 23.0 Å². The third kappa shape index (κ3) is 4.80. The third-order valence-corrected chi connectivity index (χ3v) is 3.02. The Balaban J connectivity index is 2.00. The topological polar surface area (TPSA) is 91.9 Å². The first kappa shape index (κ1) is 17.4. The molecule has 0 saturated carbocycles. The molecule has 1 aromatic heterocycles. The van der Waals surface area contributed by atoms with Crippen molar-refractivity contribution in [1.29, 1.82) is 0 Å². The van der Waals surface area contributed by atoms with Crippen LogP contribution in [0.5, 0.6) is 11.5 Å². The van der Waals surface area contributed by atoms with E-state index in [2.05, 4.69) is 17.2 Å². The van der Waals surface area contributed by atoms with Crippen molar-refractivity contribution in [2.24, 2.45) is 0 Å². The van der Waals surface area contributed by atoms with Crippen molar-refractivity contribution in [3.05, 3.63) is 47.4 Å². The van der Waals surface area contributed by atoms with Crippen LogP contribution in [0.15, 0.2) is 34.7 Å². The van der Waals surface area contributed by atoms with Crippen molar-refractivity contribution in [3.63, 3.8) is 0 Å². The van der Waals surface area contributed by atoms with Crippen molar-refractivity contribution in [2.75, 3.05) is 7.11 Å². The van der Waals surface area contributed by atoms with Gasteiger partial charge in [-0.25, -0.2) is 0 Å². The molecule has 0 aliphatic carbocycles. The number of aliphatic hydroxyl groups is 1. The number of carbonyl (C=O) groups is 1. The van der Waals surface area contributed by atoms with Crippen LogP contribution >= 0.6 is 0 Å². The lowest BCUT2D eigenvalue weighted by Crippen LogP contribution is -2.22. The van der Waals surface area contributed by atoms with Gasteiger partial charge < -0.3 is 24.7 Å². The molecule has 2 aromatic rings. The normalized spacial score (nSPS) is 10.7. The predicted octanol–water partition coefficient (Wildman–Crippen LogP) is 2.05. The van der Waals surface area contributed by atoms with E-state index in [9.17, 15) is 15.0 Å². The number of hydrogen-bond acceptors (Lipinski definition) is 5. The molecule has 1 heterocycles. The third-order valence-electron chi connectivity index (χ3n) is 3.02. The van der Waals surface area contributed by atoms with E-state index in [1.807, 2.05) is 0 Å². The SMILES string of the molecule is COc1cc(CNC(=O)c2ccc(C#CC(C)(C)O)o2)ccc1O. The van der Waals surface area contributed by atoms with Crippen LogP contribution in [0.1, 0.15) is 35.7 Å². The van der Waals surface area contributed by atoms with Crippen molar-refractivity contribution in [1.82, 2.24) is 5.32 Å². The number of phenols is 1. The van der Waals surface area contributed by atoms with Crippen LogP contribution in [-0.2, 0) is 6.54 Å². The Morgan fingerprint density at radius 2 is 2.08 bits per heavy atom. The van der Waals surface area contributed by atoms with Gasteiger partial charge in [0.2, 0.25) is 0 Å². The van der Waals surface area contributed by atoms with Gasteiger partial charge in [-0.3, -0.25) is 4.79 Å². The summed E-state index contributed by atoms with van der Waals surface area (Å²) < 4.78 is 10.3. The summed E-state index contributed by atoms with van der Waals surface area (Å²) in [7, 11) is 1.45. The fraction of sp³-hybridized carbons (Fsp3) is 0.278. The summed E-state index contributed by atoms with van der Waals surface area (Å²) in [5.74, 6) is 5.68. The van der Waals surface area contributed by atoms with Crippen molar-refractivity contribution >= 4 is 5.91 Å². The number of nitrogens with one attached hydrogen (secondary N) is 1. The van der Waals surface area contributed by atoms with E-state index < -0.39 is 11.5 Å². The molecule has 0 bridgehead atoms. The Kier molecular flexibility index (Phi) is 5.17. The second-order valence-corrected chi connectivity index (χ2v) is 5.66. The van der Waals surface area contributed by atoms with Crippen molar-refractivity contribution in [3.8, 4) is 23.3 Å². The number of amides is 1. The molecular weight excluding hydrogens is 310 g/mol. The van der Waals surface area contributed by atoms with Crippen LogP contribution in [0.25, 0.3) is 0 Å². The molecule has 6 heteroatoms. The average molecular weight is 329 g/mol. The van der Waals surface area contributed by atoms with Gasteiger partial charge in [0.25, 0.3) is 5.91 Å². The van der Waals surface area contributed by atoms with Gasteiger partial charge in [-0.05, 0) is 49.6 Å². The number of aromatic hydroxyl groups is 1. The Hall–Kier alpha value is -2.91. The van der Waals surface area contributed by atoms with E-state index in [1.165, 1.54) is 19.2 Å². The smallest absolute Gasteiger partial charge is 0.287 e. The highest BCUT2D eigenvalue weighted by Crippen LogP contribution is 2.26. The summed E-state index contributed by atoms with van der Waals surface area (Å²) in [6.45, 7) is 3.37. The Morgan fingerprint density at radius 1 is 1.33 bits per heavy atom. The predicted molar refractivity (Wildman–Crippen MR) is 87.7 cm³/mol. The second kappa shape index (κ2) is 7.11. The quantitative estimate of drug-likeness (QED) is 0.747. The van der Waals surface area contributed by atoms with E-state index in [0.29, 0.717) is 11.5 Å². The first-order chi connectivity index (χ1) is 11.3. The molecule has 0 aliphatic heterocycles. The highest BCUT2D eigenvalue weighted by Gasteiger charge is 2.12. The summed E-state index contributed by atoms with van der Waals surface area (Å²) in [5.41, 5.74) is -0.362. The number of carbonyl (C=O) groups excluding carboxylic acids is 1. The standard InChI is InChI=1S/C18H19NO5/c1-18(2,22)9-8-13-5-7-15(24-13)17(21)19-11-12-4-6-14(20)16(10-12)23-3/h4-7,10,20,22H,11H2,1-3H3,(H,19,21). The number of phenolic OH excluding ortho intramolecular Hbond substituents is 1. The average Bonchev–Trinajstić information content (AvgIpc) is 3.00. The van der Waals surface area contributed by atoms with Crippen LogP contribution < -0.4 is 10.1 Å². The molecule has 6 nitrogen and oxygen atoms in total. The summed E-state index contributed by atoms with van der Waals surface area (Å²) in [5, 5.41) is 21.8. The van der Waals surface area contributed by atoms with E-state index in [0.717, 1.165) is 5.56 Å². The lowest BCUT2D eigenvalue weighted by Gasteiger charge is -2.07. The Bertz CT molecular complexity index is 790. The number of hydrogen-bond donors (Lipinski definition) is 3. The molecule has 0 radical (unpaired) electrons. The van der Waals surface area contributed by atoms with Crippen LogP contribution in [-0.4, -0.2) is 28.8 Å². The molecule has 1 aromatic carbocycles. The van der Waals surface area contributed by atoms with E-state index in [1.54, 1.807) is 32.0 Å². The molecule has 0 atom stereocenters.